The van der Waals surface area contributed by atoms with E-state index in [1.54, 1.807) is 18.1 Å². The summed E-state index contributed by atoms with van der Waals surface area (Å²) in [5, 5.41) is -0.150. The molecule has 0 heterocycles. The fourth-order valence-corrected chi connectivity index (χ4v) is 12.4. The van der Waals surface area contributed by atoms with Crippen LogP contribution in [0, 0.1) is 50.2 Å². The molecule has 8 atom stereocenters. The van der Waals surface area contributed by atoms with E-state index in [2.05, 4.69) is 55.4 Å². The van der Waals surface area contributed by atoms with Crippen molar-refractivity contribution in [2.45, 2.75) is 139 Å². The van der Waals surface area contributed by atoms with Gasteiger partial charge in [-0.25, -0.2) is 0 Å². The van der Waals surface area contributed by atoms with Gasteiger partial charge in [0.1, 0.15) is 6.10 Å². The number of rotatable bonds is 4. The van der Waals surface area contributed by atoms with E-state index in [0.29, 0.717) is 24.2 Å². The Labute approximate surface area is 237 Å². The van der Waals surface area contributed by atoms with E-state index in [1.165, 1.54) is 32.1 Å². The molecule has 0 aliphatic heterocycles. The number of allylic oxidation sites excluding steroid dienone is 2. The van der Waals surface area contributed by atoms with Crippen molar-refractivity contribution in [2.24, 2.45) is 50.2 Å². The lowest BCUT2D eigenvalue weighted by Crippen LogP contribution is -2.70. The molecule has 0 bridgehead atoms. The smallest absolute Gasteiger partial charge is 0.302 e. The van der Waals surface area contributed by atoms with Gasteiger partial charge in [0.2, 0.25) is 5.24 Å². The van der Waals surface area contributed by atoms with Crippen LogP contribution in [0.2, 0.25) is 0 Å². The highest BCUT2D eigenvalue weighted by molar-refractivity contribution is 6.63. The summed E-state index contributed by atoms with van der Waals surface area (Å²) in [7, 11) is 0. The molecule has 5 aliphatic rings. The van der Waals surface area contributed by atoms with Crippen LogP contribution >= 0.6 is 11.6 Å². The molecular formula is C34H53ClO3. The Morgan fingerprint density at radius 1 is 0.868 bits per heavy atom. The SMILES string of the molecule is CC(=O)O[C@H]1CC[C@@]2(C)[C@@H](CC[C@]3(C)[C@]2(C)CC[C@@H]2C4=C(C(C)C)CC[C@]4(CC(=O)Cl)CC[C@]23C)C1(C)C. The van der Waals surface area contributed by atoms with Gasteiger partial charge in [-0.2, -0.15) is 0 Å². The Balaban J connectivity index is 1.58. The lowest BCUT2D eigenvalue weighted by atomic mass is 9.28. The molecule has 0 radical (unpaired) electrons. The minimum absolute atomic E-state index is 0.00208. The van der Waals surface area contributed by atoms with Crippen LogP contribution in [-0.4, -0.2) is 17.3 Å². The van der Waals surface area contributed by atoms with Crippen molar-refractivity contribution in [2.75, 3.05) is 0 Å². The highest BCUT2D eigenvalue weighted by Gasteiger charge is 2.74. The average Bonchev–Trinajstić information content (AvgIpc) is 3.17. The predicted molar refractivity (Wildman–Crippen MR) is 155 cm³/mol. The van der Waals surface area contributed by atoms with Crippen LogP contribution in [0.3, 0.4) is 0 Å². The maximum Gasteiger partial charge on any atom is 0.302 e. The number of carbonyl (C=O) groups excluding carboxylic acids is 2. The third-order valence-electron chi connectivity index (χ3n) is 14.5. The zero-order valence-electron chi connectivity index (χ0n) is 25.7. The second-order valence-electron chi connectivity index (χ2n) is 16.0. The highest BCUT2D eigenvalue weighted by atomic mass is 35.5. The molecule has 0 N–H and O–H groups in total. The molecule has 38 heavy (non-hydrogen) atoms. The Morgan fingerprint density at radius 3 is 2.11 bits per heavy atom. The van der Waals surface area contributed by atoms with Crippen LogP contribution in [0.5, 0.6) is 0 Å². The van der Waals surface area contributed by atoms with Crippen LogP contribution in [0.25, 0.3) is 0 Å². The van der Waals surface area contributed by atoms with Crippen LogP contribution in [0.1, 0.15) is 133 Å². The van der Waals surface area contributed by atoms with Gasteiger partial charge in [0, 0.05) is 24.2 Å². The maximum absolute atomic E-state index is 12.4. The molecule has 0 unspecified atom stereocenters. The first-order chi connectivity index (χ1) is 17.5. The van der Waals surface area contributed by atoms with Gasteiger partial charge in [0.05, 0.1) is 0 Å². The molecule has 5 rings (SSSR count). The third kappa shape index (κ3) is 3.51. The van der Waals surface area contributed by atoms with Gasteiger partial charge in [-0.15, -0.1) is 0 Å². The number of ether oxygens (including phenoxy) is 1. The molecule has 4 saturated carbocycles. The molecule has 0 spiro atoms. The molecule has 4 fully saturated rings. The quantitative estimate of drug-likeness (QED) is 0.201. The van der Waals surface area contributed by atoms with E-state index in [-0.39, 0.29) is 49.8 Å². The minimum Gasteiger partial charge on any atom is -0.462 e. The molecule has 0 aromatic heterocycles. The largest absolute Gasteiger partial charge is 0.462 e. The summed E-state index contributed by atoms with van der Waals surface area (Å²) in [5.41, 5.74) is 4.14. The molecule has 0 amide bonds. The van der Waals surface area contributed by atoms with Crippen molar-refractivity contribution in [3.05, 3.63) is 11.1 Å². The molecule has 5 aliphatic carbocycles. The molecule has 0 aromatic rings. The van der Waals surface area contributed by atoms with Crippen molar-refractivity contribution in [3.8, 4) is 0 Å². The summed E-state index contributed by atoms with van der Waals surface area (Å²) in [6, 6.07) is 0. The van der Waals surface area contributed by atoms with Gasteiger partial charge in [-0.05, 0) is 115 Å². The second-order valence-corrected chi connectivity index (χ2v) is 16.5. The molecule has 0 aromatic carbocycles. The molecule has 214 valence electrons. The molecular weight excluding hydrogens is 492 g/mol. The van der Waals surface area contributed by atoms with E-state index in [0.717, 1.165) is 32.1 Å². The first-order valence-corrected chi connectivity index (χ1v) is 16.0. The fourth-order valence-electron chi connectivity index (χ4n) is 12.1. The Bertz CT molecular complexity index is 1060. The number of hydrogen-bond acceptors (Lipinski definition) is 3. The van der Waals surface area contributed by atoms with Gasteiger partial charge >= 0.3 is 5.97 Å². The summed E-state index contributed by atoms with van der Waals surface area (Å²) in [6.07, 6.45) is 12.1. The van der Waals surface area contributed by atoms with Gasteiger partial charge < -0.3 is 4.74 Å². The van der Waals surface area contributed by atoms with Crippen molar-refractivity contribution in [1.29, 1.82) is 0 Å². The third-order valence-corrected chi connectivity index (χ3v) is 14.7. The predicted octanol–water partition coefficient (Wildman–Crippen LogP) is 9.27. The molecule has 0 saturated heterocycles. The highest BCUT2D eigenvalue weighted by Crippen LogP contribution is 2.81. The van der Waals surface area contributed by atoms with Crippen LogP contribution in [0.15, 0.2) is 11.1 Å². The summed E-state index contributed by atoms with van der Waals surface area (Å²) in [6.45, 7) is 21.6. The summed E-state index contributed by atoms with van der Waals surface area (Å²) < 4.78 is 5.94. The van der Waals surface area contributed by atoms with E-state index >= 15 is 0 Å². The van der Waals surface area contributed by atoms with E-state index < -0.39 is 0 Å². The van der Waals surface area contributed by atoms with E-state index in [9.17, 15) is 9.59 Å². The average molecular weight is 545 g/mol. The van der Waals surface area contributed by atoms with Gasteiger partial charge in [-0.3, -0.25) is 9.59 Å². The Hall–Kier alpha value is -0.830. The first kappa shape index (κ1) is 28.7. The van der Waals surface area contributed by atoms with Crippen molar-refractivity contribution in [3.63, 3.8) is 0 Å². The Kier molecular flexibility index (Phi) is 6.67. The Morgan fingerprint density at radius 2 is 1.50 bits per heavy atom. The molecule has 4 heteroatoms. The van der Waals surface area contributed by atoms with Gasteiger partial charge in [0.15, 0.2) is 0 Å². The lowest BCUT2D eigenvalue weighted by Gasteiger charge is -2.76. The van der Waals surface area contributed by atoms with Crippen LogP contribution in [-0.2, 0) is 14.3 Å². The summed E-state index contributed by atoms with van der Waals surface area (Å²) in [5.74, 6) is 1.49. The van der Waals surface area contributed by atoms with Gasteiger partial charge in [0.25, 0.3) is 0 Å². The van der Waals surface area contributed by atoms with Crippen molar-refractivity contribution in [1.82, 2.24) is 0 Å². The zero-order valence-corrected chi connectivity index (χ0v) is 26.4. The zero-order chi connectivity index (χ0) is 28.1. The standard InChI is InChI=1S/C34H53ClO3/c1-21(2)23-10-17-34(20-27(35)37)19-18-30(6)24(28(23)34)11-15-33(9)31(7)14-13-26(38-22(3)36)29(4,5)25(31)12-16-32(30,33)8/h21,24-26H,10-20H2,1-9H3/t24-,25+,26+,30-,31+,32+,33-,34-/m1/s1. The summed E-state index contributed by atoms with van der Waals surface area (Å²) >= 11 is 6.14. The summed E-state index contributed by atoms with van der Waals surface area (Å²) in [4.78, 5) is 24.4. The van der Waals surface area contributed by atoms with E-state index in [1.807, 2.05) is 0 Å². The second kappa shape index (κ2) is 8.83. The lowest BCUT2D eigenvalue weighted by molar-refractivity contribution is -0.277. The first-order valence-electron chi connectivity index (χ1n) is 15.6. The number of carbonyl (C=O) groups is 2. The normalized spacial score (nSPS) is 47.6. The fraction of sp³-hybridized carbons (Fsp3) is 0.882. The monoisotopic (exact) mass is 544 g/mol. The number of halogens is 1. The topological polar surface area (TPSA) is 43.4 Å². The van der Waals surface area contributed by atoms with Crippen molar-refractivity contribution < 1.29 is 14.3 Å². The number of esters is 1. The van der Waals surface area contributed by atoms with E-state index in [4.69, 9.17) is 16.3 Å². The maximum atomic E-state index is 12.4. The molecule has 3 nitrogen and oxygen atoms in total. The van der Waals surface area contributed by atoms with Crippen LogP contribution in [0.4, 0.5) is 0 Å². The van der Waals surface area contributed by atoms with Crippen molar-refractivity contribution >= 4 is 22.8 Å². The van der Waals surface area contributed by atoms with Crippen LogP contribution < -0.4 is 0 Å². The van der Waals surface area contributed by atoms with Gasteiger partial charge in [-0.1, -0.05) is 66.5 Å². The number of hydrogen-bond donors (Lipinski definition) is 0. The minimum atomic E-state index is -0.150. The number of fused-ring (bicyclic) bond motifs is 7.